The lowest BCUT2D eigenvalue weighted by atomic mass is 10.2. The maximum Gasteiger partial charge on any atom is 0.335 e. The van der Waals surface area contributed by atoms with Crippen molar-refractivity contribution in [3.63, 3.8) is 0 Å². The van der Waals surface area contributed by atoms with Gasteiger partial charge in [0.25, 0.3) is 0 Å². The van der Waals surface area contributed by atoms with Gasteiger partial charge in [-0.05, 0) is 35.9 Å². The number of H-pyrrole nitrogens is 1. The molecule has 0 aliphatic heterocycles. The first-order valence-electron chi connectivity index (χ1n) is 6.00. The molecule has 0 unspecified atom stereocenters. The molecule has 0 atom stereocenters. The number of benzene rings is 1. The molecule has 0 spiro atoms. The molecule has 6 nitrogen and oxygen atoms in total. The largest absolute Gasteiger partial charge is 0.478 e. The van der Waals surface area contributed by atoms with E-state index in [1.807, 2.05) is 12.1 Å². The van der Waals surface area contributed by atoms with Crippen LogP contribution in [-0.4, -0.2) is 25.6 Å². The SMILES string of the molecule is O=C(O)c1ccc2c(c1)[nH]c(=O)n2Cc1ccncc1. The molecule has 0 aliphatic rings. The van der Waals surface area contributed by atoms with Gasteiger partial charge in [0.15, 0.2) is 0 Å². The summed E-state index contributed by atoms with van der Waals surface area (Å²) in [4.78, 5) is 29.5. The smallest absolute Gasteiger partial charge is 0.335 e. The van der Waals surface area contributed by atoms with Gasteiger partial charge in [-0.1, -0.05) is 0 Å². The number of carbonyl (C=O) groups is 1. The number of carboxylic acid groups (broad SMARTS) is 1. The Hall–Kier alpha value is -2.89. The van der Waals surface area contributed by atoms with Crippen molar-refractivity contribution in [2.45, 2.75) is 6.54 Å². The molecule has 1 aromatic carbocycles. The number of aromatic carboxylic acids is 1. The fourth-order valence-electron chi connectivity index (χ4n) is 2.12. The van der Waals surface area contributed by atoms with Crippen LogP contribution in [-0.2, 0) is 6.54 Å². The first-order valence-corrected chi connectivity index (χ1v) is 6.00. The number of fused-ring (bicyclic) bond motifs is 1. The summed E-state index contributed by atoms with van der Waals surface area (Å²) in [6.07, 6.45) is 3.33. The predicted molar refractivity (Wildman–Crippen MR) is 72.9 cm³/mol. The number of rotatable bonds is 3. The highest BCUT2D eigenvalue weighted by Gasteiger charge is 2.10. The van der Waals surface area contributed by atoms with Gasteiger partial charge >= 0.3 is 11.7 Å². The third-order valence-corrected chi connectivity index (χ3v) is 3.11. The van der Waals surface area contributed by atoms with Crippen LogP contribution in [0.5, 0.6) is 0 Å². The molecule has 2 heterocycles. The van der Waals surface area contributed by atoms with E-state index in [1.165, 1.54) is 12.1 Å². The number of aromatic amines is 1. The first kappa shape index (κ1) is 12.2. The van der Waals surface area contributed by atoms with Gasteiger partial charge in [0, 0.05) is 12.4 Å². The average Bonchev–Trinajstić information content (AvgIpc) is 2.75. The van der Waals surface area contributed by atoms with Gasteiger partial charge < -0.3 is 10.1 Å². The molecule has 3 aromatic rings. The Bertz CT molecular complexity index is 834. The Labute approximate surface area is 113 Å². The standard InChI is InChI=1S/C14H11N3O3/c18-13(19)10-1-2-12-11(7-10)16-14(20)17(12)8-9-3-5-15-6-4-9/h1-7H,8H2,(H,16,20)(H,18,19). The minimum absolute atomic E-state index is 0.148. The number of aromatic nitrogens is 3. The van der Waals surface area contributed by atoms with Crippen molar-refractivity contribution >= 4 is 17.0 Å². The van der Waals surface area contributed by atoms with Crippen LogP contribution in [0.2, 0.25) is 0 Å². The highest BCUT2D eigenvalue weighted by molar-refractivity contribution is 5.92. The van der Waals surface area contributed by atoms with Crippen molar-refractivity contribution in [2.75, 3.05) is 0 Å². The van der Waals surface area contributed by atoms with E-state index in [9.17, 15) is 9.59 Å². The maximum atomic E-state index is 12.0. The van der Waals surface area contributed by atoms with E-state index in [4.69, 9.17) is 5.11 Å². The highest BCUT2D eigenvalue weighted by atomic mass is 16.4. The summed E-state index contributed by atoms with van der Waals surface area (Å²) in [5.41, 5.74) is 2.03. The quantitative estimate of drug-likeness (QED) is 0.753. The summed E-state index contributed by atoms with van der Waals surface area (Å²) in [7, 11) is 0. The van der Waals surface area contributed by atoms with Gasteiger partial charge in [-0.2, -0.15) is 0 Å². The second-order valence-corrected chi connectivity index (χ2v) is 4.41. The number of pyridine rings is 1. The van der Waals surface area contributed by atoms with E-state index in [2.05, 4.69) is 9.97 Å². The zero-order valence-corrected chi connectivity index (χ0v) is 10.4. The molecule has 2 aromatic heterocycles. The maximum absolute atomic E-state index is 12.0. The summed E-state index contributed by atoms with van der Waals surface area (Å²) >= 11 is 0. The van der Waals surface area contributed by atoms with Crippen LogP contribution in [0, 0.1) is 0 Å². The number of hydrogen-bond acceptors (Lipinski definition) is 3. The van der Waals surface area contributed by atoms with Crippen molar-refractivity contribution in [2.24, 2.45) is 0 Å². The first-order chi connectivity index (χ1) is 9.65. The Balaban J connectivity index is 2.10. The van der Waals surface area contributed by atoms with E-state index in [1.54, 1.807) is 23.0 Å². The van der Waals surface area contributed by atoms with Crippen LogP contribution >= 0.6 is 0 Å². The van der Waals surface area contributed by atoms with Gasteiger partial charge in [-0.15, -0.1) is 0 Å². The zero-order chi connectivity index (χ0) is 14.1. The molecule has 3 rings (SSSR count). The van der Waals surface area contributed by atoms with Crippen LogP contribution in [0.15, 0.2) is 47.5 Å². The Kier molecular flexibility index (Phi) is 2.83. The monoisotopic (exact) mass is 269 g/mol. The molecule has 0 bridgehead atoms. The lowest BCUT2D eigenvalue weighted by Crippen LogP contribution is -2.17. The van der Waals surface area contributed by atoms with Gasteiger partial charge in [-0.3, -0.25) is 9.55 Å². The van der Waals surface area contributed by atoms with Gasteiger partial charge in [-0.25, -0.2) is 9.59 Å². The molecule has 100 valence electrons. The Morgan fingerprint density at radius 3 is 2.70 bits per heavy atom. The molecule has 0 aliphatic carbocycles. The van der Waals surface area contributed by atoms with E-state index < -0.39 is 5.97 Å². The van der Waals surface area contributed by atoms with E-state index in [0.717, 1.165) is 5.56 Å². The Morgan fingerprint density at radius 1 is 1.25 bits per heavy atom. The van der Waals surface area contributed by atoms with Crippen LogP contribution in [0.3, 0.4) is 0 Å². The molecule has 0 amide bonds. The van der Waals surface area contributed by atoms with Crippen LogP contribution in [0.1, 0.15) is 15.9 Å². The summed E-state index contributed by atoms with van der Waals surface area (Å²) in [6, 6.07) is 8.24. The fourth-order valence-corrected chi connectivity index (χ4v) is 2.12. The molecule has 0 radical (unpaired) electrons. The van der Waals surface area contributed by atoms with Crippen molar-refractivity contribution in [3.05, 3.63) is 64.3 Å². The molecular weight excluding hydrogens is 258 g/mol. The zero-order valence-electron chi connectivity index (χ0n) is 10.4. The average molecular weight is 269 g/mol. The second-order valence-electron chi connectivity index (χ2n) is 4.41. The summed E-state index contributed by atoms with van der Waals surface area (Å²) < 4.78 is 1.57. The normalized spacial score (nSPS) is 10.8. The molecule has 0 saturated heterocycles. The fraction of sp³-hybridized carbons (Fsp3) is 0.0714. The highest BCUT2D eigenvalue weighted by Crippen LogP contribution is 2.14. The minimum atomic E-state index is -1.02. The molecule has 20 heavy (non-hydrogen) atoms. The van der Waals surface area contributed by atoms with E-state index in [0.29, 0.717) is 17.6 Å². The van der Waals surface area contributed by atoms with Crippen LogP contribution < -0.4 is 5.69 Å². The van der Waals surface area contributed by atoms with Gasteiger partial charge in [0.1, 0.15) is 0 Å². The molecule has 0 fully saturated rings. The van der Waals surface area contributed by atoms with Crippen molar-refractivity contribution < 1.29 is 9.90 Å². The van der Waals surface area contributed by atoms with Gasteiger partial charge in [0.05, 0.1) is 23.1 Å². The van der Waals surface area contributed by atoms with Crippen molar-refractivity contribution in [3.8, 4) is 0 Å². The third-order valence-electron chi connectivity index (χ3n) is 3.11. The summed E-state index contributed by atoms with van der Waals surface area (Å²) in [5.74, 6) is -1.02. The van der Waals surface area contributed by atoms with E-state index >= 15 is 0 Å². The molecular formula is C14H11N3O3. The van der Waals surface area contributed by atoms with Crippen LogP contribution in [0.4, 0.5) is 0 Å². The summed E-state index contributed by atoms with van der Waals surface area (Å²) in [5, 5.41) is 8.95. The van der Waals surface area contributed by atoms with Crippen LogP contribution in [0.25, 0.3) is 11.0 Å². The molecule has 6 heteroatoms. The predicted octanol–water partition coefficient (Wildman–Crippen LogP) is 1.47. The number of imidazole rings is 1. The topological polar surface area (TPSA) is 88.0 Å². The number of hydrogen-bond donors (Lipinski definition) is 2. The summed E-state index contributed by atoms with van der Waals surface area (Å²) in [6.45, 7) is 0.410. The number of nitrogens with one attached hydrogen (secondary N) is 1. The van der Waals surface area contributed by atoms with Gasteiger partial charge in [0.2, 0.25) is 0 Å². The lowest BCUT2D eigenvalue weighted by Gasteiger charge is -2.03. The molecule has 0 saturated carbocycles. The second kappa shape index (κ2) is 4.65. The van der Waals surface area contributed by atoms with E-state index in [-0.39, 0.29) is 11.3 Å². The molecule has 2 N–H and O–H groups in total. The van der Waals surface area contributed by atoms with Crippen molar-refractivity contribution in [1.29, 1.82) is 0 Å². The Morgan fingerprint density at radius 2 is 2.00 bits per heavy atom. The van der Waals surface area contributed by atoms with Crippen molar-refractivity contribution in [1.82, 2.24) is 14.5 Å². The third kappa shape index (κ3) is 2.07. The number of carboxylic acids is 1. The lowest BCUT2D eigenvalue weighted by molar-refractivity contribution is 0.0697. The minimum Gasteiger partial charge on any atom is -0.478 e. The number of nitrogens with zero attached hydrogens (tertiary/aromatic N) is 2.